The van der Waals surface area contributed by atoms with Gasteiger partial charge in [0.1, 0.15) is 0 Å². The fourth-order valence-electron chi connectivity index (χ4n) is 22.0. The van der Waals surface area contributed by atoms with E-state index in [1.807, 2.05) is 0 Å². The predicted octanol–water partition coefficient (Wildman–Crippen LogP) is 39.5. The smallest absolute Gasteiger partial charge is 0.0541 e. The normalized spacial score (nSPS) is 12.9. The topological polar surface area (TPSA) is 19.7 Å². The highest BCUT2D eigenvalue weighted by Crippen LogP contribution is 2.49. The number of benzene rings is 18. The Labute approximate surface area is 852 Å². The van der Waals surface area contributed by atoms with E-state index in [9.17, 15) is 0 Å². The van der Waals surface area contributed by atoms with Crippen molar-refractivity contribution < 1.29 is 0 Å². The highest BCUT2D eigenvalue weighted by Gasteiger charge is 2.29. The first kappa shape index (κ1) is 94.1. The Hall–Kier alpha value is -14.8. The van der Waals surface area contributed by atoms with E-state index in [0.29, 0.717) is 0 Å². The first-order chi connectivity index (χ1) is 68.3. The van der Waals surface area contributed by atoms with E-state index in [1.165, 1.54) is 177 Å². The van der Waals surface area contributed by atoms with Gasteiger partial charge in [-0.25, -0.2) is 0 Å². The number of rotatable bonds is 13. The minimum Gasteiger partial charge on any atom is -0.309 e. The minimum atomic E-state index is -0.00279. The summed E-state index contributed by atoms with van der Waals surface area (Å²) in [6.45, 7) is 55.3. The van der Waals surface area contributed by atoms with Crippen LogP contribution >= 0.6 is 0 Å². The third-order valence-corrected chi connectivity index (χ3v) is 30.9. The Kier molecular flexibility index (Phi) is 22.5. The van der Waals surface area contributed by atoms with E-state index in [1.54, 1.807) is 0 Å². The minimum absolute atomic E-state index is 0.00279. The van der Waals surface area contributed by atoms with Gasteiger partial charge in [0.05, 0.1) is 44.1 Å². The van der Waals surface area contributed by atoms with Crippen molar-refractivity contribution in [2.24, 2.45) is 0 Å². The molecule has 0 unspecified atom stereocenters. The monoisotopic (exact) mass is 1870 g/mol. The zero-order valence-electron chi connectivity index (χ0n) is 88.6. The molecule has 18 aromatic carbocycles. The molecule has 4 nitrogen and oxygen atoms in total. The first-order valence-corrected chi connectivity index (χ1v) is 51.9. The van der Waals surface area contributed by atoms with Crippen molar-refractivity contribution in [3.8, 4) is 123 Å². The largest absolute Gasteiger partial charge is 0.309 e. The van der Waals surface area contributed by atoms with Gasteiger partial charge in [0.25, 0.3) is 0 Å². The second-order valence-electron chi connectivity index (χ2n) is 49.3. The van der Waals surface area contributed by atoms with Gasteiger partial charge in [-0.05, 0) is 321 Å². The van der Waals surface area contributed by atoms with Gasteiger partial charge in [-0.15, -0.1) is 0 Å². The Balaban J connectivity index is 0.856. The van der Waals surface area contributed by atoms with Crippen LogP contribution in [0, 0.1) is 0 Å². The average molecular weight is 1870 g/mol. The lowest BCUT2D eigenvalue weighted by molar-refractivity contribution is 0.590. The number of hydrogen-bond acceptors (Lipinski definition) is 0. The van der Waals surface area contributed by atoms with Crippen LogP contribution in [-0.2, 0) is 43.3 Å². The molecular weight excluding hydrogens is 1740 g/mol. The lowest BCUT2D eigenvalue weighted by Crippen LogP contribution is -2.10. The Bertz CT molecular complexity index is 7310. The molecule has 0 radical (unpaired) electrons. The van der Waals surface area contributed by atoms with E-state index in [4.69, 9.17) is 0 Å². The Morgan fingerprint density at radius 3 is 0.312 bits per heavy atom. The predicted molar refractivity (Wildman–Crippen MR) is 622 cm³/mol. The van der Waals surface area contributed by atoms with Crippen LogP contribution < -0.4 is 0 Å². The summed E-state index contributed by atoms with van der Waals surface area (Å²) in [5.41, 5.74) is 44.4. The molecule has 0 spiro atoms. The van der Waals surface area contributed by atoms with E-state index in [2.05, 4.69) is 561 Å². The van der Waals surface area contributed by atoms with Crippen LogP contribution in [0.3, 0.4) is 0 Å². The summed E-state index contributed by atoms with van der Waals surface area (Å²) >= 11 is 0. The average Bonchev–Trinajstić information content (AvgIpc) is 1.58. The third-order valence-electron chi connectivity index (χ3n) is 30.9. The molecule has 0 amide bonds. The van der Waals surface area contributed by atoms with Gasteiger partial charge in [-0.3, -0.25) is 0 Å². The van der Waals surface area contributed by atoms with Gasteiger partial charge in [-0.1, -0.05) is 409 Å². The molecule has 144 heavy (non-hydrogen) atoms. The van der Waals surface area contributed by atoms with E-state index in [0.717, 1.165) is 78.0 Å². The van der Waals surface area contributed by atoms with Gasteiger partial charge in [0.15, 0.2) is 0 Å². The maximum absolute atomic E-state index is 2.58. The summed E-state index contributed by atoms with van der Waals surface area (Å²) in [4.78, 5) is 0. The lowest BCUT2D eigenvalue weighted by atomic mass is 9.86. The summed E-state index contributed by atoms with van der Waals surface area (Å²) in [5.74, 6) is 0. The van der Waals surface area contributed by atoms with Gasteiger partial charge in [0, 0.05) is 65.8 Å². The van der Waals surface area contributed by atoms with Crippen molar-refractivity contribution in [1.29, 1.82) is 0 Å². The van der Waals surface area contributed by atoms with Crippen molar-refractivity contribution in [3.05, 3.63) is 421 Å². The molecule has 0 aliphatic rings. The molecule has 4 heterocycles. The number of fused-ring (bicyclic) bond motifs is 12. The van der Waals surface area contributed by atoms with Gasteiger partial charge in [0.2, 0.25) is 0 Å². The maximum atomic E-state index is 2.58. The van der Waals surface area contributed by atoms with Crippen LogP contribution in [0.25, 0.3) is 210 Å². The number of nitrogens with zero attached hydrogens (tertiary/aromatic N) is 4. The van der Waals surface area contributed by atoms with Crippen molar-refractivity contribution >= 4 is 87.2 Å². The molecule has 714 valence electrons. The van der Waals surface area contributed by atoms with E-state index in [-0.39, 0.29) is 43.3 Å². The van der Waals surface area contributed by atoms with Gasteiger partial charge in [-0.2, -0.15) is 0 Å². The first-order valence-electron chi connectivity index (χ1n) is 51.9. The molecule has 0 atom stereocenters. The molecule has 0 aliphatic heterocycles. The Morgan fingerprint density at radius 1 is 0.104 bits per heavy atom. The molecule has 0 saturated carbocycles. The fourth-order valence-corrected chi connectivity index (χ4v) is 22.0. The summed E-state index contributed by atoms with van der Waals surface area (Å²) in [5, 5.41) is 9.43. The Morgan fingerprint density at radius 2 is 0.208 bits per heavy atom. The molecule has 0 N–H and O–H groups in total. The highest BCUT2D eigenvalue weighted by atomic mass is 15.0. The van der Waals surface area contributed by atoms with Crippen LogP contribution in [0.5, 0.6) is 0 Å². The third kappa shape index (κ3) is 17.4. The molecule has 22 rings (SSSR count). The highest BCUT2D eigenvalue weighted by molar-refractivity contribution is 6.16. The molecule has 0 fully saturated rings. The molecule has 0 bridgehead atoms. The van der Waals surface area contributed by atoms with Gasteiger partial charge >= 0.3 is 0 Å². The lowest BCUT2D eigenvalue weighted by Gasteiger charge is -2.20. The summed E-state index contributed by atoms with van der Waals surface area (Å²) in [6, 6.07) is 147. The van der Waals surface area contributed by atoms with Crippen LogP contribution in [-0.4, -0.2) is 18.3 Å². The summed E-state index contributed by atoms with van der Waals surface area (Å²) in [6.07, 6.45) is 0. The van der Waals surface area contributed by atoms with Crippen LogP contribution in [0.15, 0.2) is 376 Å². The number of hydrogen-bond donors (Lipinski definition) is 0. The van der Waals surface area contributed by atoms with E-state index < -0.39 is 0 Å². The molecular formula is C140H134N4. The molecule has 4 heteroatoms. The van der Waals surface area contributed by atoms with Crippen molar-refractivity contribution in [1.82, 2.24) is 18.3 Å². The molecule has 4 aromatic heterocycles. The fraction of sp³-hybridized carbons (Fsp3) is 0.229. The van der Waals surface area contributed by atoms with Crippen molar-refractivity contribution in [3.63, 3.8) is 0 Å². The van der Waals surface area contributed by atoms with E-state index >= 15 is 0 Å². The van der Waals surface area contributed by atoms with Crippen molar-refractivity contribution in [2.45, 2.75) is 209 Å². The molecule has 22 aromatic rings. The van der Waals surface area contributed by atoms with Crippen LogP contribution in [0.2, 0.25) is 0 Å². The SMILES string of the molecule is CC(C)(C)c1ccc(-c2ccc3c(c2)c2cc(-c4ccc(C(C)(C)C)cc4)ccc2n3-c2cc(-c3cc(-n4c5ccc(-c6ccc(C(C)(C)C)cc6)cc5c5cc(-c6ccc(C(C)(C)C)cc6)ccc54)cc(-n4c5ccc(-c6ccc(C(C)(C)C)cc6)cc5c5cc(-c6ccc(C(C)(C)C)cc6)ccc54)c3)cc(-n3c4ccc(-c5ccc(C(C)(C)C)cc5)cc4c4cc(-c5ccc(C(C)(C)C)cc5)ccc43)c2)cc1. The standard InChI is InChI=1S/C140H134N4/c1-133(2,3)105-49-25-87(26-50-105)95-41-65-125-117(77-95)118-78-96(88-27-51-106(52-28-88)134(4,5)6)42-66-126(118)141(125)113-73-103(74-114(85-113)142-127-67-43-97(89-29-53-107(54-30-89)135(7,8)9)79-119(127)120-80-98(44-68-128(120)142)90-31-55-108(56-32-90)136(10,11)12)104-75-115(143-129-69-45-99(91-33-57-109(58-34-91)137(13,14)15)81-121(129)122-82-100(46-70-130(122)143)92-35-59-110(60-36-92)138(16,17)18)86-116(76-104)144-131-71-47-101(93-37-61-111(62-38-93)139(19,20)21)83-123(131)124-84-102(48-72-132(124)144)94-39-63-112(64-40-94)140(22,23)24/h25-86H,1-24H3. The summed E-state index contributed by atoms with van der Waals surface area (Å²) < 4.78 is 10.3. The van der Waals surface area contributed by atoms with Crippen LogP contribution in [0.4, 0.5) is 0 Å². The summed E-state index contributed by atoms with van der Waals surface area (Å²) in [7, 11) is 0. The quantitative estimate of drug-likeness (QED) is 0.110. The molecule has 0 saturated heterocycles. The molecule has 0 aliphatic carbocycles. The number of aromatic nitrogens is 4. The maximum Gasteiger partial charge on any atom is 0.0541 e. The second kappa shape index (κ2) is 34.5. The van der Waals surface area contributed by atoms with Gasteiger partial charge < -0.3 is 18.3 Å². The zero-order chi connectivity index (χ0) is 101. The van der Waals surface area contributed by atoms with Crippen LogP contribution in [0.1, 0.15) is 211 Å². The second-order valence-corrected chi connectivity index (χ2v) is 49.3. The zero-order valence-corrected chi connectivity index (χ0v) is 88.6. The van der Waals surface area contributed by atoms with Crippen molar-refractivity contribution in [2.75, 3.05) is 0 Å².